The van der Waals surface area contributed by atoms with E-state index < -0.39 is 5.82 Å². The van der Waals surface area contributed by atoms with Crippen molar-refractivity contribution in [2.45, 2.75) is 0 Å². The van der Waals surface area contributed by atoms with E-state index in [1.165, 1.54) is 12.5 Å². The predicted octanol–water partition coefficient (Wildman–Crippen LogP) is 2.80. The van der Waals surface area contributed by atoms with Gasteiger partial charge >= 0.3 is 0 Å². The van der Waals surface area contributed by atoms with Crippen molar-refractivity contribution in [2.75, 3.05) is 18.5 Å². The molecule has 148 valence electrons. The van der Waals surface area contributed by atoms with Gasteiger partial charge in [0.05, 0.1) is 18.3 Å². The first kappa shape index (κ1) is 18.6. The Bertz CT molecular complexity index is 1150. The summed E-state index contributed by atoms with van der Waals surface area (Å²) >= 11 is 0. The van der Waals surface area contributed by atoms with E-state index in [4.69, 9.17) is 14.6 Å². The molecule has 4 rings (SSSR count). The largest absolute Gasteiger partial charge is 0.489 e. The molecule has 0 radical (unpaired) electrons. The molecule has 0 bridgehead atoms. The molecule has 2 N–H and O–H groups in total. The van der Waals surface area contributed by atoms with Crippen LogP contribution in [0.1, 0.15) is 0 Å². The first-order valence-corrected chi connectivity index (χ1v) is 8.71. The van der Waals surface area contributed by atoms with Gasteiger partial charge in [0.2, 0.25) is 0 Å². The molecule has 0 aliphatic rings. The summed E-state index contributed by atoms with van der Waals surface area (Å²) in [5, 5.41) is 16.8. The number of pyridine rings is 1. The van der Waals surface area contributed by atoms with Gasteiger partial charge in [0.25, 0.3) is 5.88 Å². The van der Waals surface area contributed by atoms with Gasteiger partial charge < -0.3 is 19.9 Å². The number of aryl methyl sites for hydroxylation is 1. The number of halogens is 1. The zero-order valence-corrected chi connectivity index (χ0v) is 15.4. The Morgan fingerprint density at radius 2 is 2.03 bits per heavy atom. The fraction of sp³-hybridized carbons (Fsp3) is 0.158. The third kappa shape index (κ3) is 4.22. The second kappa shape index (κ2) is 8.07. The fourth-order valence-corrected chi connectivity index (χ4v) is 2.64. The first-order chi connectivity index (χ1) is 14.1. The summed E-state index contributed by atoms with van der Waals surface area (Å²) in [5.41, 5.74) is 0.687. The van der Waals surface area contributed by atoms with Gasteiger partial charge in [0.15, 0.2) is 11.6 Å². The number of ether oxygens (including phenoxy) is 2. The number of hydrogen-bond acceptors (Lipinski definition) is 8. The molecule has 3 aromatic heterocycles. The van der Waals surface area contributed by atoms with Gasteiger partial charge in [-0.05, 0) is 18.2 Å². The van der Waals surface area contributed by atoms with Crippen LogP contribution in [0.15, 0.2) is 49.1 Å². The Morgan fingerprint density at radius 3 is 2.79 bits per heavy atom. The molecule has 0 amide bonds. The van der Waals surface area contributed by atoms with Crippen LogP contribution in [0.25, 0.3) is 10.9 Å². The van der Waals surface area contributed by atoms with E-state index in [9.17, 15) is 4.39 Å². The second-order valence-corrected chi connectivity index (χ2v) is 6.03. The Hall–Kier alpha value is -3.79. The summed E-state index contributed by atoms with van der Waals surface area (Å²) in [5.74, 6) is 0.864. The maximum absolute atomic E-state index is 14.3. The molecular formula is C19H17FN6O3. The molecule has 1 aromatic carbocycles. The van der Waals surface area contributed by atoms with Crippen molar-refractivity contribution in [3.63, 3.8) is 0 Å². The van der Waals surface area contributed by atoms with Crippen molar-refractivity contribution >= 4 is 22.5 Å². The summed E-state index contributed by atoms with van der Waals surface area (Å²) in [7, 11) is 1.82. The van der Waals surface area contributed by atoms with Crippen molar-refractivity contribution in [1.82, 2.24) is 24.7 Å². The number of anilines is 2. The number of hydrogen-bond donors (Lipinski definition) is 2. The first-order valence-electron chi connectivity index (χ1n) is 8.71. The topological polar surface area (TPSA) is 107 Å². The normalized spacial score (nSPS) is 10.9. The van der Waals surface area contributed by atoms with Gasteiger partial charge in [0.1, 0.15) is 30.3 Å². The number of nitrogens with one attached hydrogen (secondary N) is 1. The number of rotatable bonds is 7. The molecule has 4 aromatic rings. The van der Waals surface area contributed by atoms with Gasteiger partial charge in [-0.2, -0.15) is 5.10 Å². The Labute approximate surface area is 164 Å². The molecule has 0 aliphatic carbocycles. The molecule has 0 spiro atoms. The van der Waals surface area contributed by atoms with Crippen LogP contribution < -0.4 is 14.8 Å². The van der Waals surface area contributed by atoms with Gasteiger partial charge in [-0.15, -0.1) is 0 Å². The molecule has 3 heterocycles. The summed E-state index contributed by atoms with van der Waals surface area (Å²) in [6, 6.07) is 8.06. The van der Waals surface area contributed by atoms with Crippen LogP contribution in [-0.4, -0.2) is 43.1 Å². The van der Waals surface area contributed by atoms with Crippen LogP contribution in [-0.2, 0) is 7.05 Å². The van der Waals surface area contributed by atoms with Crippen molar-refractivity contribution in [3.05, 3.63) is 54.9 Å². The third-order valence-electron chi connectivity index (χ3n) is 3.92. The smallest absolute Gasteiger partial charge is 0.256 e. The maximum Gasteiger partial charge on any atom is 0.256 e. The summed E-state index contributed by atoms with van der Waals surface area (Å²) in [4.78, 5) is 12.4. The fourth-order valence-electron chi connectivity index (χ4n) is 2.64. The second-order valence-electron chi connectivity index (χ2n) is 6.03. The number of aliphatic hydroxyl groups excluding tert-OH is 1. The van der Waals surface area contributed by atoms with E-state index in [2.05, 4.69) is 25.4 Å². The number of benzene rings is 1. The van der Waals surface area contributed by atoms with Gasteiger partial charge in [-0.25, -0.2) is 19.3 Å². The van der Waals surface area contributed by atoms with Crippen molar-refractivity contribution in [2.24, 2.45) is 7.05 Å². The van der Waals surface area contributed by atoms with Gasteiger partial charge in [-0.3, -0.25) is 4.68 Å². The molecule has 10 heteroatoms. The molecular weight excluding hydrogens is 379 g/mol. The van der Waals surface area contributed by atoms with Gasteiger partial charge in [0, 0.05) is 30.8 Å². The van der Waals surface area contributed by atoms with E-state index in [1.54, 1.807) is 22.9 Å². The zero-order chi connectivity index (χ0) is 20.2. The number of nitrogens with zero attached hydrogens (tertiary/aromatic N) is 5. The van der Waals surface area contributed by atoms with Crippen LogP contribution in [0.4, 0.5) is 16.0 Å². The molecule has 0 fully saturated rings. The quantitative estimate of drug-likeness (QED) is 0.491. The van der Waals surface area contributed by atoms with E-state index in [0.29, 0.717) is 28.3 Å². The highest BCUT2D eigenvalue weighted by atomic mass is 19.1. The maximum atomic E-state index is 14.3. The SMILES string of the molecule is Cn1ccc(Nc2ncnc3ccc(Oc4ncc(OCCO)cc4F)cc23)n1. The molecule has 0 saturated carbocycles. The van der Waals surface area contributed by atoms with Crippen LogP contribution in [0.5, 0.6) is 17.4 Å². The van der Waals surface area contributed by atoms with Crippen LogP contribution in [0, 0.1) is 5.82 Å². The monoisotopic (exact) mass is 396 g/mol. The number of aliphatic hydroxyl groups is 1. The number of aromatic nitrogens is 5. The Balaban J connectivity index is 1.61. The lowest BCUT2D eigenvalue weighted by Crippen LogP contribution is -2.03. The average Bonchev–Trinajstić information content (AvgIpc) is 3.13. The molecule has 0 atom stereocenters. The minimum absolute atomic E-state index is 0.0536. The van der Waals surface area contributed by atoms with Crippen LogP contribution >= 0.6 is 0 Å². The minimum Gasteiger partial charge on any atom is -0.489 e. The predicted molar refractivity (Wildman–Crippen MR) is 103 cm³/mol. The summed E-state index contributed by atoms with van der Waals surface area (Å²) in [6.45, 7) is -0.119. The minimum atomic E-state index is -0.684. The van der Waals surface area contributed by atoms with E-state index in [-0.39, 0.29) is 24.8 Å². The van der Waals surface area contributed by atoms with Crippen LogP contribution in [0.3, 0.4) is 0 Å². The summed E-state index contributed by atoms with van der Waals surface area (Å²) < 4.78 is 26.7. The lowest BCUT2D eigenvalue weighted by molar-refractivity contribution is 0.200. The standard InChI is InChI=1S/C19H17FN6O3/c1-26-5-4-17(25-26)24-18-14-8-12(2-3-16(14)22-11-23-18)29-19-15(20)9-13(10-21-19)28-7-6-27/h2-5,8-11,27H,6-7H2,1H3,(H,22,23,24,25). The highest BCUT2D eigenvalue weighted by molar-refractivity contribution is 5.91. The lowest BCUT2D eigenvalue weighted by atomic mass is 10.2. The highest BCUT2D eigenvalue weighted by Gasteiger charge is 2.12. The Morgan fingerprint density at radius 1 is 1.14 bits per heavy atom. The van der Waals surface area contributed by atoms with Crippen molar-refractivity contribution in [3.8, 4) is 17.4 Å². The van der Waals surface area contributed by atoms with Crippen molar-refractivity contribution < 1.29 is 19.0 Å². The third-order valence-corrected chi connectivity index (χ3v) is 3.92. The van der Waals surface area contributed by atoms with E-state index in [1.807, 2.05) is 19.3 Å². The lowest BCUT2D eigenvalue weighted by Gasteiger charge is -2.10. The Kier molecular flexibility index (Phi) is 5.16. The van der Waals surface area contributed by atoms with Crippen molar-refractivity contribution in [1.29, 1.82) is 0 Å². The molecule has 0 unspecified atom stereocenters. The molecule has 0 saturated heterocycles. The van der Waals surface area contributed by atoms with E-state index in [0.717, 1.165) is 6.07 Å². The average molecular weight is 396 g/mol. The molecule has 29 heavy (non-hydrogen) atoms. The zero-order valence-electron chi connectivity index (χ0n) is 15.4. The summed E-state index contributed by atoms with van der Waals surface area (Å²) in [6.07, 6.45) is 4.58. The number of fused-ring (bicyclic) bond motifs is 1. The van der Waals surface area contributed by atoms with E-state index >= 15 is 0 Å². The highest BCUT2D eigenvalue weighted by Crippen LogP contribution is 2.30. The molecule has 0 aliphatic heterocycles. The molecule has 9 nitrogen and oxygen atoms in total. The van der Waals surface area contributed by atoms with Gasteiger partial charge in [-0.1, -0.05) is 0 Å². The van der Waals surface area contributed by atoms with Crippen LogP contribution in [0.2, 0.25) is 0 Å².